The lowest BCUT2D eigenvalue weighted by atomic mass is 9.64. The molecule has 0 aliphatic heterocycles. The molecule has 0 amide bonds. The molecule has 0 spiro atoms. The van der Waals surface area contributed by atoms with Crippen molar-refractivity contribution >= 4 is 0 Å². The first-order valence-electron chi connectivity index (χ1n) is 9.82. The quantitative estimate of drug-likeness (QED) is 0.291. The Labute approximate surface area is 165 Å². The van der Waals surface area contributed by atoms with Crippen molar-refractivity contribution in [2.24, 2.45) is 10.2 Å². The largest absolute Gasteiger partial charge is 0.0893 e. The molecule has 1 saturated carbocycles. The van der Waals surface area contributed by atoms with Crippen molar-refractivity contribution in [3.8, 4) is 0 Å². The van der Waals surface area contributed by atoms with Crippen LogP contribution in [0.5, 0.6) is 0 Å². The van der Waals surface area contributed by atoms with Gasteiger partial charge in [0.1, 0.15) is 0 Å². The zero-order chi connectivity index (χ0) is 20.0. The fourth-order valence-electron chi connectivity index (χ4n) is 4.39. The van der Waals surface area contributed by atoms with E-state index in [1.54, 1.807) is 0 Å². The number of nitrogens with zero attached hydrogens (tertiary/aromatic N) is 6. The van der Waals surface area contributed by atoms with Gasteiger partial charge in [-0.2, -0.15) is 0 Å². The molecule has 3 rings (SSSR count). The van der Waals surface area contributed by atoms with Crippen LogP contribution in [0.3, 0.4) is 0 Å². The van der Waals surface area contributed by atoms with Gasteiger partial charge in [-0.15, -0.1) is 0 Å². The Hall–Kier alpha value is -2.94. The van der Waals surface area contributed by atoms with E-state index in [9.17, 15) is 0 Å². The van der Waals surface area contributed by atoms with E-state index in [-0.39, 0.29) is 5.41 Å². The molecule has 0 N–H and O–H groups in total. The van der Waals surface area contributed by atoms with Crippen molar-refractivity contribution in [2.75, 3.05) is 0 Å². The molecular formula is C22H26N6. The number of rotatable bonds is 6. The second kappa shape index (κ2) is 8.83. The van der Waals surface area contributed by atoms with Gasteiger partial charge in [0.25, 0.3) is 0 Å². The van der Waals surface area contributed by atoms with E-state index >= 15 is 0 Å². The zero-order valence-corrected chi connectivity index (χ0v) is 16.6. The molecule has 0 unspecified atom stereocenters. The zero-order valence-electron chi connectivity index (χ0n) is 16.6. The summed E-state index contributed by atoms with van der Waals surface area (Å²) < 4.78 is 0. The lowest BCUT2D eigenvalue weighted by Gasteiger charge is -2.39. The summed E-state index contributed by atoms with van der Waals surface area (Å²) in [5, 5.41) is 7.56. The molecule has 2 aromatic rings. The van der Waals surface area contributed by atoms with Crippen LogP contribution in [-0.2, 0) is 18.5 Å². The van der Waals surface area contributed by atoms with E-state index in [0.29, 0.717) is 13.1 Å². The van der Waals surface area contributed by atoms with Crippen LogP contribution < -0.4 is 0 Å². The van der Waals surface area contributed by atoms with Crippen LogP contribution in [0.4, 0.5) is 0 Å². The molecule has 6 nitrogen and oxygen atoms in total. The van der Waals surface area contributed by atoms with Crippen molar-refractivity contribution in [3.63, 3.8) is 0 Å². The van der Waals surface area contributed by atoms with Gasteiger partial charge in [-0.05, 0) is 71.1 Å². The Balaban J connectivity index is 2.12. The Bertz CT molecular complexity index is 874. The van der Waals surface area contributed by atoms with Gasteiger partial charge in [0.2, 0.25) is 0 Å². The molecule has 0 saturated heterocycles. The maximum absolute atomic E-state index is 8.72. The summed E-state index contributed by atoms with van der Waals surface area (Å²) in [6, 6.07) is 13.2. The lowest BCUT2D eigenvalue weighted by molar-refractivity contribution is 0.345. The summed E-state index contributed by atoms with van der Waals surface area (Å²) in [6.07, 6.45) is 5.84. The van der Waals surface area contributed by atoms with Crippen LogP contribution in [0, 0.1) is 13.8 Å². The average molecular weight is 374 g/mol. The van der Waals surface area contributed by atoms with Crippen molar-refractivity contribution in [3.05, 3.63) is 90.7 Å². The summed E-state index contributed by atoms with van der Waals surface area (Å²) in [5.74, 6) is 0. The SMILES string of the molecule is Cc1ccc(C2(c3ccc(C)c(CN=[N+]=[N-])c3)CCCCC2)cc1CN=[N+]=[N-]. The predicted molar refractivity (Wildman–Crippen MR) is 112 cm³/mol. The minimum absolute atomic E-state index is 0.0458. The maximum atomic E-state index is 8.72. The van der Waals surface area contributed by atoms with Crippen LogP contribution in [0.1, 0.15) is 65.5 Å². The maximum Gasteiger partial charge on any atom is 0.0513 e. The molecule has 0 aromatic heterocycles. The predicted octanol–water partition coefficient (Wildman–Crippen LogP) is 7.17. The van der Waals surface area contributed by atoms with Crippen molar-refractivity contribution in [1.29, 1.82) is 0 Å². The van der Waals surface area contributed by atoms with Gasteiger partial charge in [-0.1, -0.05) is 65.9 Å². The fourth-order valence-corrected chi connectivity index (χ4v) is 4.39. The third kappa shape index (κ3) is 3.99. The molecular weight excluding hydrogens is 348 g/mol. The standard InChI is InChI=1S/C22H26N6/c1-16-6-8-20(12-18(16)14-25-27-23)22(10-4-3-5-11-22)21-9-7-17(2)19(13-21)15-26-28-24/h6-9,12-13H,3-5,10-11,14-15H2,1-2H3. The molecule has 2 aromatic carbocycles. The van der Waals surface area contributed by atoms with E-state index in [0.717, 1.165) is 35.1 Å². The highest BCUT2D eigenvalue weighted by Gasteiger charge is 2.36. The number of benzene rings is 2. The summed E-state index contributed by atoms with van der Waals surface area (Å²) in [6.45, 7) is 4.87. The highest BCUT2D eigenvalue weighted by Crippen LogP contribution is 2.45. The monoisotopic (exact) mass is 374 g/mol. The second-order valence-electron chi connectivity index (χ2n) is 7.70. The van der Waals surface area contributed by atoms with E-state index < -0.39 is 0 Å². The molecule has 28 heavy (non-hydrogen) atoms. The van der Waals surface area contributed by atoms with Gasteiger partial charge in [-0.3, -0.25) is 0 Å². The lowest BCUT2D eigenvalue weighted by Crippen LogP contribution is -2.31. The topological polar surface area (TPSA) is 97.5 Å². The van der Waals surface area contributed by atoms with Crippen molar-refractivity contribution in [2.45, 2.75) is 64.5 Å². The molecule has 0 atom stereocenters. The number of hydrogen-bond acceptors (Lipinski definition) is 2. The van der Waals surface area contributed by atoms with Gasteiger partial charge >= 0.3 is 0 Å². The van der Waals surface area contributed by atoms with Gasteiger partial charge in [0, 0.05) is 15.2 Å². The van der Waals surface area contributed by atoms with E-state index in [2.05, 4.69) is 70.3 Å². The summed E-state index contributed by atoms with van der Waals surface area (Å²) in [7, 11) is 0. The minimum Gasteiger partial charge on any atom is -0.0893 e. The molecule has 6 heteroatoms. The first-order valence-corrected chi connectivity index (χ1v) is 9.82. The molecule has 1 aliphatic rings. The van der Waals surface area contributed by atoms with E-state index in [1.807, 2.05) is 0 Å². The minimum atomic E-state index is -0.0458. The van der Waals surface area contributed by atoms with Crippen molar-refractivity contribution in [1.82, 2.24) is 0 Å². The Morgan fingerprint density at radius 1 is 0.786 bits per heavy atom. The van der Waals surface area contributed by atoms with Gasteiger partial charge < -0.3 is 0 Å². The molecule has 0 bridgehead atoms. The fraction of sp³-hybridized carbons (Fsp3) is 0.455. The third-order valence-electron chi connectivity index (χ3n) is 6.12. The summed E-state index contributed by atoms with van der Waals surface area (Å²) >= 11 is 0. The van der Waals surface area contributed by atoms with Crippen molar-refractivity contribution < 1.29 is 0 Å². The van der Waals surface area contributed by atoms with Crippen LogP contribution in [0.15, 0.2) is 46.6 Å². The Morgan fingerprint density at radius 3 is 1.68 bits per heavy atom. The smallest absolute Gasteiger partial charge is 0.0513 e. The highest BCUT2D eigenvalue weighted by molar-refractivity contribution is 5.46. The van der Waals surface area contributed by atoms with E-state index in [4.69, 9.17) is 11.1 Å². The number of aryl methyl sites for hydroxylation is 2. The van der Waals surface area contributed by atoms with E-state index in [1.165, 1.54) is 30.4 Å². The van der Waals surface area contributed by atoms with Crippen LogP contribution >= 0.6 is 0 Å². The molecule has 144 valence electrons. The molecule has 0 radical (unpaired) electrons. The molecule has 1 fully saturated rings. The van der Waals surface area contributed by atoms with Gasteiger partial charge in [0.05, 0.1) is 13.1 Å². The molecule has 0 heterocycles. The highest BCUT2D eigenvalue weighted by atomic mass is 15.1. The average Bonchev–Trinajstić information content (AvgIpc) is 2.73. The molecule has 1 aliphatic carbocycles. The van der Waals surface area contributed by atoms with Crippen LogP contribution in [-0.4, -0.2) is 0 Å². The number of hydrogen-bond donors (Lipinski definition) is 0. The third-order valence-corrected chi connectivity index (χ3v) is 6.12. The summed E-state index contributed by atoms with van der Waals surface area (Å²) in [5.41, 5.74) is 24.4. The van der Waals surface area contributed by atoms with Gasteiger partial charge in [0.15, 0.2) is 0 Å². The Morgan fingerprint density at radius 2 is 1.25 bits per heavy atom. The normalized spacial score (nSPS) is 15.4. The van der Waals surface area contributed by atoms with Crippen LogP contribution in [0.25, 0.3) is 20.9 Å². The Kier molecular flexibility index (Phi) is 6.25. The second-order valence-corrected chi connectivity index (χ2v) is 7.70. The summed E-state index contributed by atoms with van der Waals surface area (Å²) in [4.78, 5) is 5.85. The number of azide groups is 2. The first-order chi connectivity index (χ1) is 13.6. The van der Waals surface area contributed by atoms with Crippen LogP contribution in [0.2, 0.25) is 0 Å². The van der Waals surface area contributed by atoms with Gasteiger partial charge in [-0.25, -0.2) is 0 Å². The first kappa shape index (κ1) is 19.8.